The van der Waals surface area contributed by atoms with Gasteiger partial charge in [0.15, 0.2) is 0 Å². The topological polar surface area (TPSA) is 24.5 Å². The number of benzene rings is 1. The Morgan fingerprint density at radius 3 is 2.42 bits per heavy atom. The fourth-order valence-electron chi connectivity index (χ4n) is 2.59. The minimum absolute atomic E-state index is 0.457. The molecule has 0 bridgehead atoms. The third kappa shape index (κ3) is 4.22. The van der Waals surface area contributed by atoms with Crippen LogP contribution in [0.15, 0.2) is 24.3 Å². The van der Waals surface area contributed by atoms with E-state index in [2.05, 4.69) is 36.3 Å². The summed E-state index contributed by atoms with van der Waals surface area (Å²) in [7, 11) is 3.92. The average molecular weight is 262 g/mol. The highest BCUT2D eigenvalue weighted by molar-refractivity contribution is 5.26. The Bertz CT molecular complexity index is 380. The number of ether oxygens (including phenoxy) is 1. The van der Waals surface area contributed by atoms with E-state index in [0.717, 1.165) is 18.8 Å². The molecule has 19 heavy (non-hydrogen) atoms. The molecule has 0 atom stereocenters. The molecule has 1 fully saturated rings. The number of likely N-dealkylation sites (tertiary alicyclic amines) is 1. The second-order valence-corrected chi connectivity index (χ2v) is 6.07. The molecule has 1 saturated heterocycles. The molecule has 0 saturated carbocycles. The van der Waals surface area contributed by atoms with E-state index < -0.39 is 0 Å². The standard InChI is InChI=1S/C16H26N2O/c1-16(8-10-18(2)11-9-16)13-17-12-14-4-6-15(19-3)7-5-14/h4-7,17H,8-13H2,1-3H3. The third-order valence-electron chi connectivity index (χ3n) is 4.23. The number of hydrogen-bond acceptors (Lipinski definition) is 3. The molecule has 2 rings (SSSR count). The molecule has 1 aromatic rings. The Balaban J connectivity index is 1.76. The van der Waals surface area contributed by atoms with Crippen molar-refractivity contribution in [1.29, 1.82) is 0 Å². The third-order valence-corrected chi connectivity index (χ3v) is 4.23. The van der Waals surface area contributed by atoms with Crippen molar-refractivity contribution in [3.05, 3.63) is 29.8 Å². The van der Waals surface area contributed by atoms with Crippen molar-refractivity contribution in [2.75, 3.05) is 33.8 Å². The van der Waals surface area contributed by atoms with Crippen LogP contribution in [0.5, 0.6) is 5.75 Å². The van der Waals surface area contributed by atoms with E-state index in [4.69, 9.17) is 4.74 Å². The average Bonchev–Trinajstić information content (AvgIpc) is 2.43. The first-order valence-corrected chi connectivity index (χ1v) is 7.13. The van der Waals surface area contributed by atoms with Gasteiger partial charge in [-0.2, -0.15) is 0 Å². The SMILES string of the molecule is COc1ccc(CNCC2(C)CCN(C)CC2)cc1. The second-order valence-electron chi connectivity index (χ2n) is 6.07. The summed E-state index contributed by atoms with van der Waals surface area (Å²) in [5.74, 6) is 0.922. The van der Waals surface area contributed by atoms with Gasteiger partial charge in [-0.3, -0.25) is 0 Å². The molecule has 0 aliphatic carbocycles. The van der Waals surface area contributed by atoms with Gasteiger partial charge in [-0.1, -0.05) is 19.1 Å². The monoisotopic (exact) mass is 262 g/mol. The van der Waals surface area contributed by atoms with Gasteiger partial charge in [-0.25, -0.2) is 0 Å². The Hall–Kier alpha value is -1.06. The Morgan fingerprint density at radius 2 is 1.84 bits per heavy atom. The quantitative estimate of drug-likeness (QED) is 0.882. The van der Waals surface area contributed by atoms with E-state index in [-0.39, 0.29) is 0 Å². The predicted octanol–water partition coefficient (Wildman–Crippen LogP) is 2.52. The van der Waals surface area contributed by atoms with E-state index in [1.54, 1.807) is 7.11 Å². The summed E-state index contributed by atoms with van der Waals surface area (Å²) in [5.41, 5.74) is 1.77. The van der Waals surface area contributed by atoms with Crippen LogP contribution in [0.3, 0.4) is 0 Å². The minimum Gasteiger partial charge on any atom is -0.497 e. The van der Waals surface area contributed by atoms with Crippen molar-refractivity contribution in [1.82, 2.24) is 10.2 Å². The highest BCUT2D eigenvalue weighted by Gasteiger charge is 2.28. The first-order valence-electron chi connectivity index (χ1n) is 7.13. The maximum Gasteiger partial charge on any atom is 0.118 e. The molecule has 1 aliphatic heterocycles. The van der Waals surface area contributed by atoms with E-state index in [9.17, 15) is 0 Å². The highest BCUT2D eigenvalue weighted by atomic mass is 16.5. The molecule has 1 N–H and O–H groups in total. The van der Waals surface area contributed by atoms with Gasteiger partial charge in [-0.15, -0.1) is 0 Å². The Morgan fingerprint density at radius 1 is 1.21 bits per heavy atom. The van der Waals surface area contributed by atoms with Crippen molar-refractivity contribution in [2.24, 2.45) is 5.41 Å². The zero-order chi connectivity index (χ0) is 13.7. The lowest BCUT2D eigenvalue weighted by atomic mass is 9.80. The summed E-state index contributed by atoms with van der Waals surface area (Å²) in [6, 6.07) is 8.30. The van der Waals surface area contributed by atoms with Crippen LogP contribution in [0.4, 0.5) is 0 Å². The molecule has 3 heteroatoms. The molecular formula is C16H26N2O. The van der Waals surface area contributed by atoms with Crippen LogP contribution in [-0.4, -0.2) is 38.7 Å². The van der Waals surface area contributed by atoms with Crippen molar-refractivity contribution < 1.29 is 4.74 Å². The fraction of sp³-hybridized carbons (Fsp3) is 0.625. The fourth-order valence-corrected chi connectivity index (χ4v) is 2.59. The van der Waals surface area contributed by atoms with E-state index >= 15 is 0 Å². The van der Waals surface area contributed by atoms with Gasteiger partial charge in [0.1, 0.15) is 5.75 Å². The normalized spacial score (nSPS) is 19.3. The molecule has 0 unspecified atom stereocenters. The summed E-state index contributed by atoms with van der Waals surface area (Å²) in [6.07, 6.45) is 2.58. The largest absolute Gasteiger partial charge is 0.497 e. The smallest absolute Gasteiger partial charge is 0.118 e. The predicted molar refractivity (Wildman–Crippen MR) is 79.5 cm³/mol. The molecular weight excluding hydrogens is 236 g/mol. The van der Waals surface area contributed by atoms with Gasteiger partial charge in [0, 0.05) is 13.1 Å². The van der Waals surface area contributed by atoms with Gasteiger partial charge >= 0.3 is 0 Å². The first-order chi connectivity index (χ1) is 9.11. The van der Waals surface area contributed by atoms with Gasteiger partial charge in [0.2, 0.25) is 0 Å². The van der Waals surface area contributed by atoms with Crippen molar-refractivity contribution in [3.63, 3.8) is 0 Å². The number of nitrogens with zero attached hydrogens (tertiary/aromatic N) is 1. The van der Waals surface area contributed by atoms with Crippen LogP contribution < -0.4 is 10.1 Å². The van der Waals surface area contributed by atoms with E-state index in [1.165, 1.54) is 31.5 Å². The van der Waals surface area contributed by atoms with Crippen LogP contribution in [0, 0.1) is 5.41 Å². The molecule has 3 nitrogen and oxygen atoms in total. The number of hydrogen-bond donors (Lipinski definition) is 1. The Kier molecular flexibility index (Phi) is 4.83. The molecule has 106 valence electrons. The zero-order valence-corrected chi connectivity index (χ0v) is 12.4. The summed E-state index contributed by atoms with van der Waals surface area (Å²) >= 11 is 0. The zero-order valence-electron chi connectivity index (χ0n) is 12.4. The maximum absolute atomic E-state index is 5.17. The van der Waals surface area contributed by atoms with Crippen LogP contribution in [0.1, 0.15) is 25.3 Å². The molecule has 0 amide bonds. The molecule has 0 aromatic heterocycles. The number of piperidine rings is 1. The van der Waals surface area contributed by atoms with Crippen LogP contribution in [0.25, 0.3) is 0 Å². The lowest BCUT2D eigenvalue weighted by Crippen LogP contribution is -2.41. The summed E-state index contributed by atoms with van der Waals surface area (Å²) in [5, 5.41) is 3.60. The first kappa shape index (κ1) is 14.4. The number of nitrogens with one attached hydrogen (secondary N) is 1. The lowest BCUT2D eigenvalue weighted by Gasteiger charge is -2.38. The van der Waals surface area contributed by atoms with Gasteiger partial charge in [0.25, 0.3) is 0 Å². The van der Waals surface area contributed by atoms with Crippen molar-refractivity contribution >= 4 is 0 Å². The summed E-state index contributed by atoms with van der Waals surface area (Å²) in [6.45, 7) is 6.89. The van der Waals surface area contributed by atoms with Crippen molar-refractivity contribution in [3.8, 4) is 5.75 Å². The van der Waals surface area contributed by atoms with Crippen molar-refractivity contribution in [2.45, 2.75) is 26.3 Å². The van der Waals surface area contributed by atoms with Gasteiger partial charge < -0.3 is 15.0 Å². The van der Waals surface area contributed by atoms with Crippen LogP contribution >= 0.6 is 0 Å². The highest BCUT2D eigenvalue weighted by Crippen LogP contribution is 2.29. The van der Waals surface area contributed by atoms with E-state index in [0.29, 0.717) is 5.41 Å². The maximum atomic E-state index is 5.17. The van der Waals surface area contributed by atoms with E-state index in [1.807, 2.05) is 12.1 Å². The molecule has 1 aromatic carbocycles. The molecule has 1 aliphatic rings. The van der Waals surface area contributed by atoms with Gasteiger partial charge in [-0.05, 0) is 56.1 Å². The van der Waals surface area contributed by atoms with Gasteiger partial charge in [0.05, 0.1) is 7.11 Å². The molecule has 0 radical (unpaired) electrons. The van der Waals surface area contributed by atoms with Crippen LogP contribution in [0.2, 0.25) is 0 Å². The number of methoxy groups -OCH3 is 1. The number of rotatable bonds is 5. The lowest BCUT2D eigenvalue weighted by molar-refractivity contribution is 0.137. The Labute approximate surface area is 116 Å². The minimum atomic E-state index is 0.457. The summed E-state index contributed by atoms with van der Waals surface area (Å²) in [4.78, 5) is 2.42. The molecule has 0 spiro atoms. The molecule has 1 heterocycles. The second kappa shape index (κ2) is 6.40. The summed E-state index contributed by atoms with van der Waals surface area (Å²) < 4.78 is 5.17. The van der Waals surface area contributed by atoms with Crippen LogP contribution in [-0.2, 0) is 6.54 Å².